The van der Waals surface area contributed by atoms with Crippen molar-refractivity contribution >= 4 is 11.9 Å². The number of hydrogen-bond acceptors (Lipinski definition) is 5. The minimum Gasteiger partial charge on any atom is -0.480 e. The van der Waals surface area contributed by atoms with Crippen LogP contribution in [0.2, 0.25) is 0 Å². The number of aliphatic carboxylic acids is 1. The number of rotatable bonds is 3. The molecule has 0 aliphatic carbocycles. The molecule has 7 heteroatoms. The van der Waals surface area contributed by atoms with Gasteiger partial charge in [-0.1, -0.05) is 0 Å². The first-order valence-electron chi connectivity index (χ1n) is 7.21. The molecule has 1 aliphatic rings. The zero-order chi connectivity index (χ0) is 16.4. The predicted molar refractivity (Wildman–Crippen MR) is 80.0 cm³/mol. The first-order chi connectivity index (χ1) is 11.1. The van der Waals surface area contributed by atoms with Crippen LogP contribution in [0.5, 0.6) is 0 Å². The molecule has 1 N–H and O–H groups in total. The van der Waals surface area contributed by atoms with E-state index in [4.69, 9.17) is 9.15 Å². The van der Waals surface area contributed by atoms with Crippen LogP contribution in [0.25, 0.3) is 11.5 Å². The first kappa shape index (κ1) is 15.2. The molecule has 1 fully saturated rings. The molecule has 1 aliphatic heterocycles. The fourth-order valence-electron chi connectivity index (χ4n) is 2.55. The van der Waals surface area contributed by atoms with Gasteiger partial charge in [0.1, 0.15) is 5.69 Å². The van der Waals surface area contributed by atoms with Crippen molar-refractivity contribution in [2.45, 2.75) is 13.0 Å². The maximum atomic E-state index is 12.7. The fraction of sp³-hybridized carbons (Fsp3) is 0.312. The van der Waals surface area contributed by atoms with Crippen molar-refractivity contribution in [3.63, 3.8) is 0 Å². The highest BCUT2D eigenvalue weighted by atomic mass is 16.5. The van der Waals surface area contributed by atoms with E-state index in [1.165, 1.54) is 4.90 Å². The van der Waals surface area contributed by atoms with E-state index in [1.54, 1.807) is 37.5 Å². The van der Waals surface area contributed by atoms with Crippen LogP contribution in [0, 0.1) is 6.92 Å². The molecule has 3 rings (SSSR count). The Bertz CT molecular complexity index is 726. The molecule has 1 amide bonds. The second-order valence-corrected chi connectivity index (χ2v) is 5.23. The molecule has 0 saturated carbocycles. The Hall–Kier alpha value is -2.67. The van der Waals surface area contributed by atoms with Crippen molar-refractivity contribution in [3.05, 3.63) is 41.8 Å². The van der Waals surface area contributed by atoms with Crippen molar-refractivity contribution in [3.8, 4) is 11.5 Å². The Kier molecular flexibility index (Phi) is 4.12. The lowest BCUT2D eigenvalue weighted by Gasteiger charge is -2.33. The number of aromatic nitrogens is 1. The summed E-state index contributed by atoms with van der Waals surface area (Å²) < 4.78 is 10.4. The van der Waals surface area contributed by atoms with Crippen molar-refractivity contribution < 1.29 is 23.8 Å². The van der Waals surface area contributed by atoms with Gasteiger partial charge in [0.15, 0.2) is 11.8 Å². The summed E-state index contributed by atoms with van der Waals surface area (Å²) >= 11 is 0. The van der Waals surface area contributed by atoms with Crippen molar-refractivity contribution in [1.82, 2.24) is 9.88 Å². The Morgan fingerprint density at radius 2 is 2.17 bits per heavy atom. The summed E-state index contributed by atoms with van der Waals surface area (Å²) in [6, 6.07) is 5.91. The molecular weight excluding hydrogens is 300 g/mol. The Balaban J connectivity index is 1.88. The summed E-state index contributed by atoms with van der Waals surface area (Å²) in [5, 5.41) is 9.24. The van der Waals surface area contributed by atoms with Crippen molar-refractivity contribution in [2.24, 2.45) is 0 Å². The average molecular weight is 316 g/mol. The number of carboxylic acid groups (broad SMARTS) is 1. The lowest BCUT2D eigenvalue weighted by Crippen LogP contribution is -2.52. The molecule has 120 valence electrons. The van der Waals surface area contributed by atoms with Gasteiger partial charge in [0, 0.05) is 6.54 Å². The number of hydrogen-bond donors (Lipinski definition) is 1. The monoisotopic (exact) mass is 316 g/mol. The summed E-state index contributed by atoms with van der Waals surface area (Å²) in [5.41, 5.74) is 1.54. The van der Waals surface area contributed by atoms with Gasteiger partial charge in [-0.3, -0.25) is 4.79 Å². The average Bonchev–Trinajstić information content (AvgIpc) is 3.08. The number of amides is 1. The minimum atomic E-state index is -1.07. The second kappa shape index (κ2) is 6.21. The van der Waals surface area contributed by atoms with E-state index < -0.39 is 12.0 Å². The highest BCUT2D eigenvalue weighted by molar-refractivity contribution is 5.97. The van der Waals surface area contributed by atoms with E-state index in [9.17, 15) is 14.7 Å². The molecule has 0 radical (unpaired) electrons. The number of carbonyl (C=O) groups is 2. The SMILES string of the molecule is Cc1nc(-c2ccco2)ccc1C(=O)N1CCOCC1C(=O)O. The van der Waals surface area contributed by atoms with Gasteiger partial charge in [0.25, 0.3) is 5.91 Å². The number of carboxylic acids is 1. The Morgan fingerprint density at radius 3 is 2.83 bits per heavy atom. The summed E-state index contributed by atoms with van der Waals surface area (Å²) in [7, 11) is 0. The molecule has 0 spiro atoms. The minimum absolute atomic E-state index is 0.00196. The highest BCUT2D eigenvalue weighted by Crippen LogP contribution is 2.21. The zero-order valence-electron chi connectivity index (χ0n) is 12.6. The molecule has 0 aromatic carbocycles. The molecule has 3 heterocycles. The Labute approximate surface area is 132 Å². The van der Waals surface area contributed by atoms with Gasteiger partial charge in [-0.05, 0) is 31.2 Å². The summed E-state index contributed by atoms with van der Waals surface area (Å²) in [6.45, 7) is 2.29. The maximum absolute atomic E-state index is 12.7. The van der Waals surface area contributed by atoms with Crippen LogP contribution in [0.1, 0.15) is 16.1 Å². The Morgan fingerprint density at radius 1 is 1.35 bits per heavy atom. The zero-order valence-corrected chi connectivity index (χ0v) is 12.6. The van der Waals surface area contributed by atoms with Gasteiger partial charge in [0.2, 0.25) is 0 Å². The molecule has 2 aromatic heterocycles. The summed E-state index contributed by atoms with van der Waals surface area (Å²) in [6.07, 6.45) is 1.55. The molecule has 0 bridgehead atoms. The third-order valence-electron chi connectivity index (χ3n) is 3.76. The van der Waals surface area contributed by atoms with Crippen LogP contribution < -0.4 is 0 Å². The van der Waals surface area contributed by atoms with E-state index in [1.807, 2.05) is 0 Å². The van der Waals surface area contributed by atoms with Crippen LogP contribution in [0.4, 0.5) is 0 Å². The topological polar surface area (TPSA) is 92.9 Å². The van der Waals surface area contributed by atoms with Crippen LogP contribution in [0.15, 0.2) is 34.9 Å². The fourth-order valence-corrected chi connectivity index (χ4v) is 2.55. The number of furan rings is 1. The number of morpholine rings is 1. The molecule has 2 aromatic rings. The van der Waals surface area contributed by atoms with Crippen LogP contribution in [-0.2, 0) is 9.53 Å². The molecular formula is C16H16N2O5. The molecule has 7 nitrogen and oxygen atoms in total. The standard InChI is InChI=1S/C16H16N2O5/c1-10-11(4-5-12(17-10)14-3-2-7-23-14)15(19)18-6-8-22-9-13(18)16(20)21/h2-5,7,13H,6,8-9H2,1H3,(H,20,21). The predicted octanol–water partition coefficient (Wildman–Crippen LogP) is 1.58. The largest absolute Gasteiger partial charge is 0.480 e. The van der Waals surface area contributed by atoms with E-state index in [-0.39, 0.29) is 19.1 Å². The third-order valence-corrected chi connectivity index (χ3v) is 3.76. The molecule has 1 unspecified atom stereocenters. The number of aryl methyl sites for hydroxylation is 1. The smallest absolute Gasteiger partial charge is 0.328 e. The normalized spacial score (nSPS) is 18.0. The number of nitrogens with zero attached hydrogens (tertiary/aromatic N) is 2. The first-order valence-corrected chi connectivity index (χ1v) is 7.21. The van der Waals surface area contributed by atoms with Crippen molar-refractivity contribution in [1.29, 1.82) is 0 Å². The maximum Gasteiger partial charge on any atom is 0.328 e. The van der Waals surface area contributed by atoms with Crippen LogP contribution in [-0.4, -0.2) is 52.7 Å². The molecule has 1 atom stereocenters. The summed E-state index contributed by atoms with van der Waals surface area (Å²) in [4.78, 5) is 29.7. The van der Waals surface area contributed by atoms with E-state index in [2.05, 4.69) is 4.98 Å². The van der Waals surface area contributed by atoms with Gasteiger partial charge in [-0.25, -0.2) is 9.78 Å². The lowest BCUT2D eigenvalue weighted by atomic mass is 10.1. The van der Waals surface area contributed by atoms with Gasteiger partial charge < -0.3 is 19.2 Å². The highest BCUT2D eigenvalue weighted by Gasteiger charge is 2.34. The third kappa shape index (κ3) is 2.95. The van der Waals surface area contributed by atoms with Crippen molar-refractivity contribution in [2.75, 3.05) is 19.8 Å². The van der Waals surface area contributed by atoms with E-state index >= 15 is 0 Å². The van der Waals surface area contributed by atoms with Crippen LogP contribution in [0.3, 0.4) is 0 Å². The quantitative estimate of drug-likeness (QED) is 0.924. The number of ether oxygens (including phenoxy) is 1. The van der Waals surface area contributed by atoms with Gasteiger partial charge in [0.05, 0.1) is 30.7 Å². The van der Waals surface area contributed by atoms with E-state index in [0.29, 0.717) is 29.3 Å². The molecule has 1 saturated heterocycles. The molecule has 23 heavy (non-hydrogen) atoms. The van der Waals surface area contributed by atoms with Crippen LogP contribution >= 0.6 is 0 Å². The van der Waals surface area contributed by atoms with Gasteiger partial charge in [-0.2, -0.15) is 0 Å². The number of pyridine rings is 1. The lowest BCUT2D eigenvalue weighted by molar-refractivity contribution is -0.147. The second-order valence-electron chi connectivity index (χ2n) is 5.23. The number of carbonyl (C=O) groups excluding carboxylic acids is 1. The van der Waals surface area contributed by atoms with Gasteiger partial charge >= 0.3 is 5.97 Å². The summed E-state index contributed by atoms with van der Waals surface area (Å²) in [5.74, 6) is -0.811. The van der Waals surface area contributed by atoms with Gasteiger partial charge in [-0.15, -0.1) is 0 Å². The van der Waals surface area contributed by atoms with E-state index in [0.717, 1.165) is 0 Å².